The third-order valence-electron chi connectivity index (χ3n) is 3.12. The van der Waals surface area contributed by atoms with E-state index in [4.69, 9.17) is 9.05 Å². The maximum Gasteiger partial charge on any atom is 0.411 e. The normalized spacial score (nSPS) is 22.1. The quantitative estimate of drug-likeness (QED) is 0.731. The number of benzene rings is 1. The van der Waals surface area contributed by atoms with Crippen LogP contribution in [0.2, 0.25) is 0 Å². The first kappa shape index (κ1) is 14.8. The summed E-state index contributed by atoms with van der Waals surface area (Å²) in [5, 5.41) is 0.665. The Morgan fingerprint density at radius 1 is 1.26 bits per heavy atom. The lowest BCUT2D eigenvalue weighted by molar-refractivity contribution is 0.255. The van der Waals surface area contributed by atoms with Crippen molar-refractivity contribution in [2.45, 2.75) is 33.6 Å². The van der Waals surface area contributed by atoms with Crippen LogP contribution in [0.25, 0.3) is 5.57 Å². The predicted octanol–water partition coefficient (Wildman–Crippen LogP) is 4.87. The molecule has 1 unspecified atom stereocenters. The minimum absolute atomic E-state index is 0.363. The van der Waals surface area contributed by atoms with Gasteiger partial charge in [0.1, 0.15) is 5.76 Å². The lowest BCUT2D eigenvalue weighted by Gasteiger charge is -2.29. The van der Waals surface area contributed by atoms with E-state index in [1.54, 1.807) is 0 Å². The molecule has 0 aliphatic carbocycles. The Morgan fingerprint density at radius 3 is 2.58 bits per heavy atom. The average molecular weight is 345 g/mol. The van der Waals surface area contributed by atoms with Gasteiger partial charge in [-0.15, -0.1) is 0 Å². The van der Waals surface area contributed by atoms with Crippen molar-refractivity contribution in [1.29, 1.82) is 0 Å². The summed E-state index contributed by atoms with van der Waals surface area (Å²) in [5.74, 6) is 0.786. The third kappa shape index (κ3) is 2.67. The molecule has 0 saturated carbocycles. The van der Waals surface area contributed by atoms with Gasteiger partial charge in [0.2, 0.25) is 0 Å². The molecular formula is C14H18BrO3P. The minimum Gasteiger partial charge on any atom is -0.425 e. The highest BCUT2D eigenvalue weighted by atomic mass is 79.9. The van der Waals surface area contributed by atoms with Crippen LogP contribution in [-0.2, 0) is 13.6 Å². The highest BCUT2D eigenvalue weighted by Gasteiger charge is 2.37. The standard InChI is InChI=1S/C14H18BrO3P/c1-4-11-12-8-7-10(15)9-14(12)19(16,17-6-3)18-13(11)5-2/h7-9H,4-6H2,1-3H3. The van der Waals surface area contributed by atoms with Gasteiger partial charge in [0.05, 0.1) is 11.9 Å². The van der Waals surface area contributed by atoms with Gasteiger partial charge in [0.15, 0.2) is 0 Å². The number of hydrogen-bond donors (Lipinski definition) is 0. The van der Waals surface area contributed by atoms with E-state index in [1.165, 1.54) is 0 Å². The van der Waals surface area contributed by atoms with E-state index in [1.807, 2.05) is 32.0 Å². The van der Waals surface area contributed by atoms with E-state index in [2.05, 4.69) is 22.9 Å². The molecule has 19 heavy (non-hydrogen) atoms. The molecule has 0 amide bonds. The molecule has 3 nitrogen and oxygen atoms in total. The Hall–Kier alpha value is -0.570. The highest BCUT2D eigenvalue weighted by molar-refractivity contribution is 9.10. The van der Waals surface area contributed by atoms with E-state index >= 15 is 0 Å². The van der Waals surface area contributed by atoms with E-state index in [0.29, 0.717) is 11.9 Å². The summed E-state index contributed by atoms with van der Waals surface area (Å²) in [6.07, 6.45) is 1.57. The number of halogens is 1. The molecule has 0 aromatic heterocycles. The zero-order valence-electron chi connectivity index (χ0n) is 11.4. The number of allylic oxidation sites excluding steroid dienone is 2. The largest absolute Gasteiger partial charge is 0.425 e. The van der Waals surface area contributed by atoms with Gasteiger partial charge < -0.3 is 4.52 Å². The molecule has 1 heterocycles. The number of fused-ring (bicyclic) bond motifs is 1. The van der Waals surface area contributed by atoms with E-state index in [9.17, 15) is 4.57 Å². The molecule has 0 radical (unpaired) electrons. The Bertz CT molecular complexity index is 566. The Balaban J connectivity index is 2.67. The Kier molecular flexibility index (Phi) is 4.54. The number of hydrogen-bond acceptors (Lipinski definition) is 3. The van der Waals surface area contributed by atoms with Crippen LogP contribution in [0.5, 0.6) is 0 Å². The van der Waals surface area contributed by atoms with Crippen molar-refractivity contribution in [1.82, 2.24) is 0 Å². The molecular weight excluding hydrogens is 327 g/mol. The van der Waals surface area contributed by atoms with Crippen molar-refractivity contribution in [2.75, 3.05) is 6.61 Å². The molecule has 0 saturated heterocycles. The molecule has 2 rings (SSSR count). The van der Waals surface area contributed by atoms with Crippen molar-refractivity contribution in [3.05, 3.63) is 34.0 Å². The number of rotatable bonds is 4. The van der Waals surface area contributed by atoms with Crippen molar-refractivity contribution in [3.63, 3.8) is 0 Å². The fourth-order valence-corrected chi connectivity index (χ4v) is 4.82. The van der Waals surface area contributed by atoms with E-state index in [-0.39, 0.29) is 0 Å². The summed E-state index contributed by atoms with van der Waals surface area (Å²) < 4.78 is 25.0. The van der Waals surface area contributed by atoms with Crippen LogP contribution in [-0.4, -0.2) is 6.61 Å². The minimum atomic E-state index is -3.24. The van der Waals surface area contributed by atoms with Crippen LogP contribution >= 0.6 is 23.5 Å². The smallest absolute Gasteiger partial charge is 0.411 e. The molecule has 1 aliphatic heterocycles. The lowest BCUT2D eigenvalue weighted by atomic mass is 10.0. The summed E-state index contributed by atoms with van der Waals surface area (Å²) in [6.45, 7) is 6.27. The molecule has 5 heteroatoms. The molecule has 0 bridgehead atoms. The second kappa shape index (κ2) is 5.82. The topological polar surface area (TPSA) is 35.5 Å². The lowest BCUT2D eigenvalue weighted by Crippen LogP contribution is -2.20. The van der Waals surface area contributed by atoms with Gasteiger partial charge in [-0.3, -0.25) is 4.52 Å². The van der Waals surface area contributed by atoms with Gasteiger partial charge in [-0.05, 0) is 36.6 Å². The molecule has 1 aliphatic rings. The first-order valence-electron chi connectivity index (χ1n) is 6.52. The molecule has 0 spiro atoms. The van der Waals surface area contributed by atoms with Crippen LogP contribution in [0, 0.1) is 0 Å². The third-order valence-corrected chi connectivity index (χ3v) is 5.63. The Morgan fingerprint density at radius 2 is 2.00 bits per heavy atom. The van der Waals surface area contributed by atoms with E-state index in [0.717, 1.165) is 34.2 Å². The van der Waals surface area contributed by atoms with Crippen molar-refractivity contribution < 1.29 is 13.6 Å². The zero-order valence-corrected chi connectivity index (χ0v) is 13.9. The predicted molar refractivity (Wildman–Crippen MR) is 81.6 cm³/mol. The van der Waals surface area contributed by atoms with Gasteiger partial charge >= 0.3 is 7.60 Å². The van der Waals surface area contributed by atoms with Gasteiger partial charge in [0, 0.05) is 10.9 Å². The molecule has 104 valence electrons. The maximum absolute atomic E-state index is 12.9. The van der Waals surface area contributed by atoms with Gasteiger partial charge in [-0.2, -0.15) is 0 Å². The average Bonchev–Trinajstić information content (AvgIpc) is 2.39. The maximum atomic E-state index is 12.9. The zero-order chi connectivity index (χ0) is 14.0. The van der Waals surface area contributed by atoms with Gasteiger partial charge in [-0.1, -0.05) is 35.8 Å². The second-order valence-corrected chi connectivity index (χ2v) is 7.11. The van der Waals surface area contributed by atoms with Gasteiger partial charge in [0.25, 0.3) is 0 Å². The van der Waals surface area contributed by atoms with Gasteiger partial charge in [-0.25, -0.2) is 4.57 Å². The van der Waals surface area contributed by atoms with Crippen molar-refractivity contribution in [3.8, 4) is 0 Å². The molecule has 1 aromatic carbocycles. The summed E-state index contributed by atoms with van der Waals surface area (Å²) in [5.41, 5.74) is 2.11. The van der Waals surface area contributed by atoms with Crippen LogP contribution < -0.4 is 5.30 Å². The fourth-order valence-electron chi connectivity index (χ4n) is 2.32. The molecule has 1 aromatic rings. The SMILES string of the molecule is CCOP1(=O)OC(CC)=C(CC)c2ccc(Br)cc21. The van der Waals surface area contributed by atoms with Crippen LogP contribution in [0.3, 0.4) is 0 Å². The summed E-state index contributed by atoms with van der Waals surface area (Å²) in [4.78, 5) is 0. The highest BCUT2D eigenvalue weighted by Crippen LogP contribution is 2.55. The first-order valence-corrected chi connectivity index (χ1v) is 8.86. The second-order valence-electron chi connectivity index (χ2n) is 4.28. The summed E-state index contributed by atoms with van der Waals surface area (Å²) in [6, 6.07) is 5.79. The van der Waals surface area contributed by atoms with Crippen LogP contribution in [0.1, 0.15) is 39.2 Å². The Labute approximate surface area is 122 Å². The van der Waals surface area contributed by atoms with E-state index < -0.39 is 7.60 Å². The monoisotopic (exact) mass is 344 g/mol. The summed E-state index contributed by atoms with van der Waals surface area (Å²) in [7, 11) is -3.24. The molecule has 1 atom stereocenters. The summed E-state index contributed by atoms with van der Waals surface area (Å²) >= 11 is 3.42. The van der Waals surface area contributed by atoms with Crippen LogP contribution in [0.4, 0.5) is 0 Å². The first-order chi connectivity index (χ1) is 9.05. The van der Waals surface area contributed by atoms with Crippen molar-refractivity contribution in [2.24, 2.45) is 0 Å². The molecule has 0 N–H and O–H groups in total. The van der Waals surface area contributed by atoms with Crippen LogP contribution in [0.15, 0.2) is 28.4 Å². The van der Waals surface area contributed by atoms with Crippen molar-refractivity contribution >= 4 is 34.4 Å². The molecule has 0 fully saturated rings. The fraction of sp³-hybridized carbons (Fsp3) is 0.429.